The Hall–Kier alpha value is -2.42. The van der Waals surface area contributed by atoms with Crippen LogP contribution in [-0.2, 0) is 11.3 Å². The van der Waals surface area contributed by atoms with Gasteiger partial charge in [-0.3, -0.25) is 4.79 Å². The van der Waals surface area contributed by atoms with E-state index >= 15 is 0 Å². The van der Waals surface area contributed by atoms with Crippen molar-refractivity contribution in [3.05, 3.63) is 30.1 Å². The molecule has 1 aliphatic carbocycles. The first kappa shape index (κ1) is 18.4. The molecule has 26 heavy (non-hydrogen) atoms. The second-order valence-corrected chi connectivity index (χ2v) is 7.13. The number of nitrogens with two attached hydrogens (primary N) is 1. The molecule has 3 rings (SSSR count). The molecule has 1 heterocycles. The molecule has 0 atom stereocenters. The van der Waals surface area contributed by atoms with E-state index in [-0.39, 0.29) is 11.7 Å². The van der Waals surface area contributed by atoms with Crippen molar-refractivity contribution < 1.29 is 9.53 Å². The van der Waals surface area contributed by atoms with Crippen molar-refractivity contribution in [2.75, 3.05) is 24.0 Å². The highest BCUT2D eigenvalue weighted by atomic mass is 32.2. The molecular weight excluding hydrogens is 352 g/mol. The van der Waals surface area contributed by atoms with E-state index in [2.05, 4.69) is 20.8 Å². The van der Waals surface area contributed by atoms with E-state index < -0.39 is 0 Å². The molecule has 0 radical (unpaired) electrons. The summed E-state index contributed by atoms with van der Waals surface area (Å²) in [6.45, 7) is 0.435. The molecule has 0 bridgehead atoms. The lowest BCUT2D eigenvalue weighted by atomic mass is 10.2. The van der Waals surface area contributed by atoms with E-state index in [4.69, 9.17) is 10.6 Å². The summed E-state index contributed by atoms with van der Waals surface area (Å²) in [6, 6.07) is 7.90. The van der Waals surface area contributed by atoms with Gasteiger partial charge in [-0.2, -0.15) is 0 Å². The Kier molecular flexibility index (Phi) is 6.21. The Balaban J connectivity index is 1.48. The van der Waals surface area contributed by atoms with Gasteiger partial charge in [-0.1, -0.05) is 24.6 Å². The molecule has 0 aliphatic heterocycles. The fourth-order valence-electron chi connectivity index (χ4n) is 2.89. The van der Waals surface area contributed by atoms with Crippen LogP contribution in [0.1, 0.15) is 31.5 Å². The third kappa shape index (κ3) is 4.81. The Morgan fingerprint density at radius 1 is 1.31 bits per heavy atom. The molecule has 1 aromatic heterocycles. The summed E-state index contributed by atoms with van der Waals surface area (Å²) in [4.78, 5) is 12.0. The summed E-state index contributed by atoms with van der Waals surface area (Å²) in [5, 5.41) is 15.0. The minimum absolute atomic E-state index is 0.0165. The van der Waals surface area contributed by atoms with E-state index in [1.165, 1.54) is 29.3 Å². The fourth-order valence-corrected chi connectivity index (χ4v) is 3.57. The predicted molar refractivity (Wildman–Crippen MR) is 102 cm³/mol. The molecule has 8 nitrogen and oxygen atoms in total. The lowest BCUT2D eigenvalue weighted by Gasteiger charge is -2.11. The van der Waals surface area contributed by atoms with E-state index in [1.54, 1.807) is 7.11 Å². The Morgan fingerprint density at radius 2 is 2.04 bits per heavy atom. The maximum Gasteiger partial charge on any atom is 0.230 e. The van der Waals surface area contributed by atoms with E-state index in [9.17, 15) is 4.79 Å². The van der Waals surface area contributed by atoms with Gasteiger partial charge in [0.25, 0.3) is 0 Å². The largest absolute Gasteiger partial charge is 0.497 e. The number of nitrogens with zero attached hydrogens (tertiary/aromatic N) is 3. The van der Waals surface area contributed by atoms with Gasteiger partial charge in [-0.15, -0.1) is 10.2 Å². The summed E-state index contributed by atoms with van der Waals surface area (Å²) in [7, 11) is 1.63. The average Bonchev–Trinajstić information content (AvgIpc) is 3.29. The van der Waals surface area contributed by atoms with Crippen LogP contribution in [0.3, 0.4) is 0 Å². The Bertz CT molecular complexity index is 727. The van der Waals surface area contributed by atoms with Gasteiger partial charge in [0.15, 0.2) is 5.82 Å². The van der Waals surface area contributed by atoms with Gasteiger partial charge in [0.2, 0.25) is 11.1 Å². The lowest BCUT2D eigenvalue weighted by Crippen LogP contribution is -2.34. The number of thioether (sulfide) groups is 1. The number of ether oxygens (including phenoxy) is 1. The van der Waals surface area contributed by atoms with Crippen LogP contribution in [0.15, 0.2) is 29.4 Å². The van der Waals surface area contributed by atoms with E-state index in [1.807, 2.05) is 24.3 Å². The molecule has 2 aromatic rings. The number of hydrogen-bond acceptors (Lipinski definition) is 7. The molecule has 1 saturated carbocycles. The first-order valence-corrected chi connectivity index (χ1v) is 9.63. The number of nitrogens with one attached hydrogen (secondary N) is 2. The third-order valence-corrected chi connectivity index (χ3v) is 5.27. The monoisotopic (exact) mass is 376 g/mol. The number of aromatic nitrogens is 3. The highest BCUT2D eigenvalue weighted by Crippen LogP contribution is 2.19. The lowest BCUT2D eigenvalue weighted by molar-refractivity contribution is -0.119. The predicted octanol–water partition coefficient (Wildman–Crippen LogP) is 1.76. The molecule has 1 fully saturated rings. The molecule has 1 aliphatic rings. The van der Waals surface area contributed by atoms with Gasteiger partial charge >= 0.3 is 0 Å². The van der Waals surface area contributed by atoms with Crippen LogP contribution >= 0.6 is 11.8 Å². The topological polar surface area (TPSA) is 107 Å². The maximum atomic E-state index is 12.0. The first-order valence-electron chi connectivity index (χ1n) is 8.65. The Morgan fingerprint density at radius 3 is 2.73 bits per heavy atom. The second-order valence-electron chi connectivity index (χ2n) is 6.19. The van der Waals surface area contributed by atoms with Crippen molar-refractivity contribution in [1.82, 2.24) is 20.2 Å². The highest BCUT2D eigenvalue weighted by Gasteiger charge is 2.18. The van der Waals surface area contributed by atoms with E-state index in [0.717, 1.165) is 24.3 Å². The molecule has 9 heteroatoms. The number of benzene rings is 1. The van der Waals surface area contributed by atoms with Crippen molar-refractivity contribution in [2.45, 2.75) is 43.4 Å². The van der Waals surface area contributed by atoms with Crippen molar-refractivity contribution >= 4 is 23.4 Å². The number of amides is 1. The molecule has 0 spiro atoms. The third-order valence-electron chi connectivity index (χ3n) is 4.33. The van der Waals surface area contributed by atoms with Crippen molar-refractivity contribution in [3.8, 4) is 5.75 Å². The zero-order valence-electron chi connectivity index (χ0n) is 14.8. The average molecular weight is 376 g/mol. The van der Waals surface area contributed by atoms with Gasteiger partial charge in [0, 0.05) is 11.7 Å². The second kappa shape index (κ2) is 8.79. The summed E-state index contributed by atoms with van der Waals surface area (Å²) in [6.07, 6.45) is 4.54. The van der Waals surface area contributed by atoms with Gasteiger partial charge < -0.3 is 21.2 Å². The Labute approximate surface area is 156 Å². The molecule has 140 valence electrons. The van der Waals surface area contributed by atoms with Crippen LogP contribution in [-0.4, -0.2) is 39.7 Å². The summed E-state index contributed by atoms with van der Waals surface area (Å²) >= 11 is 1.29. The zero-order valence-corrected chi connectivity index (χ0v) is 15.6. The van der Waals surface area contributed by atoms with Gasteiger partial charge in [0.05, 0.1) is 19.4 Å². The van der Waals surface area contributed by atoms with Crippen molar-refractivity contribution in [2.24, 2.45) is 0 Å². The van der Waals surface area contributed by atoms with Crippen LogP contribution in [0.2, 0.25) is 0 Å². The molecule has 0 saturated heterocycles. The van der Waals surface area contributed by atoms with Crippen LogP contribution < -0.4 is 21.2 Å². The highest BCUT2D eigenvalue weighted by molar-refractivity contribution is 7.99. The van der Waals surface area contributed by atoms with Gasteiger partial charge in [-0.25, -0.2) is 4.68 Å². The minimum Gasteiger partial charge on any atom is -0.497 e. The summed E-state index contributed by atoms with van der Waals surface area (Å²) in [5.41, 5.74) is 0.930. The number of anilines is 1. The zero-order chi connectivity index (χ0) is 18.4. The normalized spacial score (nSPS) is 14.3. The van der Waals surface area contributed by atoms with Gasteiger partial charge in [-0.05, 0) is 37.1 Å². The molecular formula is C17H24N6O2S. The number of hydrogen-bond donors (Lipinski definition) is 3. The number of methoxy groups -OCH3 is 1. The standard InChI is InChI=1S/C17H24N6O2S/c1-25-14-8-6-12(7-9-14)19-10-15-21-22-17(23(15)18)26-11-16(24)20-13-4-2-3-5-13/h6-9,13,19H,2-5,10-11,18H2,1H3,(H,20,24). The molecule has 0 unspecified atom stereocenters. The SMILES string of the molecule is COc1ccc(NCc2nnc(SCC(=O)NC3CCCC3)n2N)cc1. The maximum absolute atomic E-state index is 12.0. The fraction of sp³-hybridized carbons (Fsp3) is 0.471. The molecule has 1 amide bonds. The van der Waals surface area contributed by atoms with Crippen LogP contribution in [0.4, 0.5) is 5.69 Å². The molecule has 4 N–H and O–H groups in total. The smallest absolute Gasteiger partial charge is 0.230 e. The quantitative estimate of drug-likeness (QED) is 0.476. The minimum atomic E-state index is 0.0165. The van der Waals surface area contributed by atoms with Crippen LogP contribution in [0.25, 0.3) is 0 Å². The number of carbonyl (C=O) groups is 1. The van der Waals surface area contributed by atoms with Crippen LogP contribution in [0, 0.1) is 0 Å². The van der Waals surface area contributed by atoms with Gasteiger partial charge in [0.1, 0.15) is 5.75 Å². The number of nitrogen functional groups attached to an aromatic ring is 1. The van der Waals surface area contributed by atoms with Crippen molar-refractivity contribution in [3.63, 3.8) is 0 Å². The summed E-state index contributed by atoms with van der Waals surface area (Å²) < 4.78 is 6.55. The first-order chi connectivity index (χ1) is 12.7. The summed E-state index contributed by atoms with van der Waals surface area (Å²) in [5.74, 6) is 7.74. The van der Waals surface area contributed by atoms with Crippen molar-refractivity contribution in [1.29, 1.82) is 0 Å². The molecule has 1 aromatic carbocycles. The number of carbonyl (C=O) groups excluding carboxylic acids is 1. The number of rotatable bonds is 8. The van der Waals surface area contributed by atoms with Crippen LogP contribution in [0.5, 0.6) is 5.75 Å². The van der Waals surface area contributed by atoms with E-state index in [0.29, 0.717) is 23.6 Å².